The number of hydrogen-bond acceptors (Lipinski definition) is 0. The summed E-state index contributed by atoms with van der Waals surface area (Å²) < 4.78 is 2.19. The maximum atomic E-state index is 3.17. The number of para-hydroxylation sites is 1. The number of imidazole rings is 1. The van der Waals surface area contributed by atoms with Gasteiger partial charge < -0.3 is 12.4 Å². The minimum Gasteiger partial charge on any atom is -1.00 e. The van der Waals surface area contributed by atoms with E-state index >= 15 is 0 Å². The van der Waals surface area contributed by atoms with Gasteiger partial charge in [0.15, 0.2) is 0 Å². The van der Waals surface area contributed by atoms with Crippen LogP contribution in [0.5, 0.6) is 0 Å². The van der Waals surface area contributed by atoms with Crippen LogP contribution in [-0.4, -0.2) is 4.98 Å². The van der Waals surface area contributed by atoms with Gasteiger partial charge in [0, 0.05) is 24.0 Å². The summed E-state index contributed by atoms with van der Waals surface area (Å²) in [6.45, 7) is 0. The first-order chi connectivity index (χ1) is 12.4. The van der Waals surface area contributed by atoms with Crippen molar-refractivity contribution in [2.75, 3.05) is 0 Å². The van der Waals surface area contributed by atoms with Crippen molar-refractivity contribution in [1.82, 2.24) is 4.98 Å². The summed E-state index contributed by atoms with van der Waals surface area (Å²) in [7, 11) is 0. The lowest BCUT2D eigenvalue weighted by molar-refractivity contribution is -0.595. The molecule has 130 valence electrons. The van der Waals surface area contributed by atoms with Crippen LogP contribution >= 0.6 is 0 Å². The Hall–Kier alpha value is -2.84. The first-order valence-corrected chi connectivity index (χ1v) is 8.63. The molecule has 0 saturated carbocycles. The van der Waals surface area contributed by atoms with Crippen LogP contribution in [0.4, 0.5) is 0 Å². The van der Waals surface area contributed by atoms with Crippen molar-refractivity contribution in [3.05, 3.63) is 120 Å². The predicted molar refractivity (Wildman–Crippen MR) is 101 cm³/mol. The van der Waals surface area contributed by atoms with E-state index in [2.05, 4.69) is 94.6 Å². The molecule has 0 aliphatic carbocycles. The summed E-state index contributed by atoms with van der Waals surface area (Å²) >= 11 is 0. The molecule has 3 aromatic carbocycles. The van der Waals surface area contributed by atoms with Crippen LogP contribution in [0.25, 0.3) is 5.69 Å². The van der Waals surface area contributed by atoms with Crippen molar-refractivity contribution in [3.63, 3.8) is 0 Å². The molecule has 0 aliphatic heterocycles. The fourth-order valence-electron chi connectivity index (χ4n) is 3.32. The van der Waals surface area contributed by atoms with Crippen LogP contribution in [0.2, 0.25) is 0 Å². The first-order valence-electron chi connectivity index (χ1n) is 8.63. The van der Waals surface area contributed by atoms with Crippen LogP contribution in [0, 0.1) is 0 Å². The molecule has 4 rings (SSSR count). The van der Waals surface area contributed by atoms with Crippen molar-refractivity contribution in [3.8, 4) is 5.69 Å². The number of benzene rings is 3. The first kappa shape index (κ1) is 18.0. The SMILES string of the molecule is [Cl-].c1ccc(Cc2cccc(Cc3ccccc3)c2-[n+]2cc[nH]c2)cc1. The van der Waals surface area contributed by atoms with Gasteiger partial charge in [0.25, 0.3) is 0 Å². The van der Waals surface area contributed by atoms with Crippen LogP contribution in [0.1, 0.15) is 22.3 Å². The average molecular weight is 361 g/mol. The average Bonchev–Trinajstić information content (AvgIpc) is 3.18. The molecule has 2 nitrogen and oxygen atoms in total. The Morgan fingerprint density at radius 1 is 0.654 bits per heavy atom. The van der Waals surface area contributed by atoms with Gasteiger partial charge >= 0.3 is 0 Å². The lowest BCUT2D eigenvalue weighted by atomic mass is 9.96. The lowest BCUT2D eigenvalue weighted by Gasteiger charge is -2.12. The van der Waals surface area contributed by atoms with Crippen molar-refractivity contribution >= 4 is 0 Å². The fraction of sp³-hybridized carbons (Fsp3) is 0.0870. The van der Waals surface area contributed by atoms with Gasteiger partial charge in [-0.15, -0.1) is 0 Å². The molecule has 0 unspecified atom stereocenters. The Morgan fingerprint density at radius 3 is 1.65 bits per heavy atom. The molecular formula is C23H21ClN2. The second-order valence-corrected chi connectivity index (χ2v) is 6.27. The third kappa shape index (κ3) is 4.04. The van der Waals surface area contributed by atoms with Crippen LogP contribution in [-0.2, 0) is 12.8 Å². The topological polar surface area (TPSA) is 19.7 Å². The van der Waals surface area contributed by atoms with E-state index in [-0.39, 0.29) is 12.4 Å². The molecule has 1 heterocycles. The smallest absolute Gasteiger partial charge is 0.246 e. The molecule has 4 aromatic rings. The van der Waals surface area contributed by atoms with Crippen molar-refractivity contribution in [2.24, 2.45) is 0 Å². The molecule has 0 atom stereocenters. The molecular weight excluding hydrogens is 340 g/mol. The molecule has 0 bridgehead atoms. The molecule has 0 radical (unpaired) electrons. The van der Waals surface area contributed by atoms with Crippen LogP contribution in [0.15, 0.2) is 97.6 Å². The normalized spacial score (nSPS) is 10.3. The monoisotopic (exact) mass is 360 g/mol. The number of nitrogens with one attached hydrogen (secondary N) is 1. The summed E-state index contributed by atoms with van der Waals surface area (Å²) in [5.74, 6) is 0. The Balaban J connectivity index is 0.00000196. The number of rotatable bonds is 5. The Morgan fingerprint density at radius 2 is 1.19 bits per heavy atom. The molecule has 0 amide bonds. The van der Waals surface area contributed by atoms with Gasteiger partial charge in [-0.1, -0.05) is 78.9 Å². The maximum absolute atomic E-state index is 3.17. The summed E-state index contributed by atoms with van der Waals surface area (Å²) in [5, 5.41) is 0. The van der Waals surface area contributed by atoms with E-state index in [1.807, 2.05) is 12.5 Å². The van der Waals surface area contributed by atoms with Gasteiger partial charge in [-0.05, 0) is 11.1 Å². The zero-order valence-electron chi connectivity index (χ0n) is 14.5. The van der Waals surface area contributed by atoms with E-state index in [4.69, 9.17) is 0 Å². The highest BCUT2D eigenvalue weighted by Gasteiger charge is 2.15. The number of aromatic amines is 1. The number of hydrogen-bond donors (Lipinski definition) is 1. The third-order valence-corrected chi connectivity index (χ3v) is 4.48. The third-order valence-electron chi connectivity index (χ3n) is 4.48. The van der Waals surface area contributed by atoms with Gasteiger partial charge in [0.05, 0.1) is 0 Å². The van der Waals surface area contributed by atoms with Crippen molar-refractivity contribution in [1.29, 1.82) is 0 Å². The molecule has 0 saturated heterocycles. The van der Waals surface area contributed by atoms with Crippen LogP contribution in [0.3, 0.4) is 0 Å². The summed E-state index contributed by atoms with van der Waals surface area (Å²) in [6.07, 6.45) is 7.91. The van der Waals surface area contributed by atoms with Gasteiger partial charge in [-0.3, -0.25) is 0 Å². The fourth-order valence-corrected chi connectivity index (χ4v) is 3.32. The van der Waals surface area contributed by atoms with E-state index in [0.29, 0.717) is 0 Å². The van der Waals surface area contributed by atoms with E-state index < -0.39 is 0 Å². The highest BCUT2D eigenvalue weighted by molar-refractivity contribution is 5.46. The molecule has 0 spiro atoms. The second-order valence-electron chi connectivity index (χ2n) is 6.27. The van der Waals surface area contributed by atoms with E-state index in [1.54, 1.807) is 0 Å². The van der Waals surface area contributed by atoms with Gasteiger partial charge in [-0.25, -0.2) is 9.55 Å². The summed E-state index contributed by atoms with van der Waals surface area (Å²) in [4.78, 5) is 3.17. The number of halogens is 1. The van der Waals surface area contributed by atoms with Gasteiger partial charge in [0.1, 0.15) is 18.1 Å². The maximum Gasteiger partial charge on any atom is 0.246 e. The highest BCUT2D eigenvalue weighted by atomic mass is 35.5. The largest absolute Gasteiger partial charge is 1.00 e. The molecule has 26 heavy (non-hydrogen) atoms. The van der Waals surface area contributed by atoms with Crippen molar-refractivity contribution in [2.45, 2.75) is 12.8 Å². The quantitative estimate of drug-likeness (QED) is 0.520. The molecule has 1 aromatic heterocycles. The molecule has 0 aliphatic rings. The number of aromatic nitrogens is 2. The van der Waals surface area contributed by atoms with E-state index in [1.165, 1.54) is 27.9 Å². The standard InChI is InChI=1S/C23H20N2.ClH/c1-3-8-19(9-4-1)16-21-12-7-13-22(17-20-10-5-2-6-11-20)23(21)25-15-14-24-18-25;/h1-15,18H,16-17H2;1H. The minimum atomic E-state index is 0. The predicted octanol–water partition coefficient (Wildman–Crippen LogP) is 1.48. The Labute approximate surface area is 160 Å². The van der Waals surface area contributed by atoms with Crippen molar-refractivity contribution < 1.29 is 17.0 Å². The second kappa shape index (κ2) is 8.50. The number of nitrogens with zero attached hydrogens (tertiary/aromatic N) is 1. The zero-order valence-corrected chi connectivity index (χ0v) is 15.2. The Bertz CT molecular complexity index is 873. The zero-order chi connectivity index (χ0) is 16.9. The highest BCUT2D eigenvalue weighted by Crippen LogP contribution is 2.21. The lowest BCUT2D eigenvalue weighted by Crippen LogP contribution is -3.00. The summed E-state index contributed by atoms with van der Waals surface area (Å²) in [5.41, 5.74) is 6.61. The molecule has 0 fully saturated rings. The van der Waals surface area contributed by atoms with Gasteiger partial charge in [-0.2, -0.15) is 0 Å². The minimum absolute atomic E-state index is 0. The molecule has 3 heteroatoms. The van der Waals surface area contributed by atoms with E-state index in [0.717, 1.165) is 12.8 Å². The molecule has 1 N–H and O–H groups in total. The van der Waals surface area contributed by atoms with Crippen LogP contribution < -0.4 is 17.0 Å². The van der Waals surface area contributed by atoms with E-state index in [9.17, 15) is 0 Å². The summed E-state index contributed by atoms with van der Waals surface area (Å²) in [6, 6.07) is 27.9. The number of H-pyrrole nitrogens is 1. The Kier molecular flexibility index (Phi) is 5.88. The van der Waals surface area contributed by atoms with Gasteiger partial charge in [0.2, 0.25) is 6.33 Å².